The molecule has 15 heavy (non-hydrogen) atoms. The van der Waals surface area contributed by atoms with E-state index in [1.165, 1.54) is 58.0 Å². The van der Waals surface area contributed by atoms with Crippen LogP contribution in [0.3, 0.4) is 0 Å². The summed E-state index contributed by atoms with van der Waals surface area (Å²) in [5, 5.41) is 0. The van der Waals surface area contributed by atoms with Crippen LogP contribution in [0.2, 0.25) is 0 Å². The average molecular weight is 210 g/mol. The van der Waals surface area contributed by atoms with E-state index in [2.05, 4.69) is 11.8 Å². The van der Waals surface area contributed by atoms with Gasteiger partial charge in [-0.05, 0) is 44.7 Å². The van der Waals surface area contributed by atoms with Crippen LogP contribution in [0.15, 0.2) is 0 Å². The molecule has 1 aliphatic carbocycles. The minimum Gasteiger partial charge on any atom is -0.326 e. The minimum atomic E-state index is 0.465. The average Bonchev–Trinajstić information content (AvgIpc) is 2.66. The molecule has 1 saturated carbocycles. The van der Waals surface area contributed by atoms with E-state index >= 15 is 0 Å². The number of nitrogens with two attached hydrogens (primary N) is 1. The standard InChI is InChI=1S/C13H26N2/c1-2-4-11-7-9-15(10-8-11)13-6-3-5-12(13)14/h11-13H,2-10,14H2,1H3. The highest BCUT2D eigenvalue weighted by Gasteiger charge is 2.31. The van der Waals surface area contributed by atoms with E-state index in [0.717, 1.165) is 5.92 Å². The molecule has 2 heteroatoms. The van der Waals surface area contributed by atoms with Crippen LogP contribution < -0.4 is 5.73 Å². The molecule has 0 amide bonds. The Kier molecular flexibility index (Phi) is 4.04. The van der Waals surface area contributed by atoms with E-state index in [4.69, 9.17) is 5.73 Å². The molecule has 1 saturated heterocycles. The number of rotatable bonds is 3. The fraction of sp³-hybridized carbons (Fsp3) is 1.00. The van der Waals surface area contributed by atoms with E-state index in [-0.39, 0.29) is 0 Å². The van der Waals surface area contributed by atoms with Crippen molar-refractivity contribution in [2.24, 2.45) is 11.7 Å². The molecule has 88 valence electrons. The molecular formula is C13H26N2. The van der Waals surface area contributed by atoms with Crippen molar-refractivity contribution in [3.05, 3.63) is 0 Å². The van der Waals surface area contributed by atoms with Crippen molar-refractivity contribution < 1.29 is 0 Å². The maximum Gasteiger partial charge on any atom is 0.0247 e. The summed E-state index contributed by atoms with van der Waals surface area (Å²) in [6.07, 6.45) is 9.56. The van der Waals surface area contributed by atoms with Gasteiger partial charge in [0, 0.05) is 12.1 Å². The normalized spacial score (nSPS) is 34.8. The summed E-state index contributed by atoms with van der Waals surface area (Å²) in [5.41, 5.74) is 6.16. The molecule has 2 unspecified atom stereocenters. The van der Waals surface area contributed by atoms with Crippen molar-refractivity contribution in [2.75, 3.05) is 13.1 Å². The highest BCUT2D eigenvalue weighted by molar-refractivity contribution is 4.89. The summed E-state index contributed by atoms with van der Waals surface area (Å²) in [7, 11) is 0. The van der Waals surface area contributed by atoms with Gasteiger partial charge in [-0.3, -0.25) is 4.90 Å². The van der Waals surface area contributed by atoms with Gasteiger partial charge in [0.2, 0.25) is 0 Å². The maximum absolute atomic E-state index is 6.16. The molecule has 1 aliphatic heterocycles. The molecule has 0 aromatic rings. The zero-order chi connectivity index (χ0) is 10.7. The SMILES string of the molecule is CCCC1CCN(C2CCCC2N)CC1. The topological polar surface area (TPSA) is 29.3 Å². The first-order valence-electron chi connectivity index (χ1n) is 6.81. The smallest absolute Gasteiger partial charge is 0.0247 e. The Morgan fingerprint density at radius 3 is 2.40 bits per heavy atom. The largest absolute Gasteiger partial charge is 0.326 e. The monoisotopic (exact) mass is 210 g/mol. The quantitative estimate of drug-likeness (QED) is 0.775. The second-order valence-corrected chi connectivity index (χ2v) is 5.43. The second-order valence-electron chi connectivity index (χ2n) is 5.43. The number of nitrogens with zero attached hydrogens (tertiary/aromatic N) is 1. The Morgan fingerprint density at radius 2 is 1.87 bits per heavy atom. The molecule has 2 aliphatic rings. The molecule has 0 aromatic heterocycles. The summed E-state index contributed by atoms with van der Waals surface area (Å²) in [5.74, 6) is 1.00. The summed E-state index contributed by atoms with van der Waals surface area (Å²) >= 11 is 0. The van der Waals surface area contributed by atoms with E-state index in [1.54, 1.807) is 0 Å². The van der Waals surface area contributed by atoms with Crippen LogP contribution in [0.4, 0.5) is 0 Å². The van der Waals surface area contributed by atoms with Gasteiger partial charge in [-0.1, -0.05) is 26.2 Å². The van der Waals surface area contributed by atoms with Gasteiger partial charge in [0.25, 0.3) is 0 Å². The van der Waals surface area contributed by atoms with Crippen LogP contribution >= 0.6 is 0 Å². The van der Waals surface area contributed by atoms with Gasteiger partial charge in [0.15, 0.2) is 0 Å². The molecule has 1 heterocycles. The van der Waals surface area contributed by atoms with Crippen molar-refractivity contribution in [3.8, 4) is 0 Å². The fourth-order valence-electron chi connectivity index (χ4n) is 3.40. The first-order valence-corrected chi connectivity index (χ1v) is 6.81. The third-order valence-corrected chi connectivity index (χ3v) is 4.35. The lowest BCUT2D eigenvalue weighted by atomic mass is 9.91. The van der Waals surface area contributed by atoms with Crippen LogP contribution in [0.5, 0.6) is 0 Å². The van der Waals surface area contributed by atoms with Gasteiger partial charge in [-0.25, -0.2) is 0 Å². The Bertz CT molecular complexity index is 185. The summed E-state index contributed by atoms with van der Waals surface area (Å²) in [6.45, 7) is 4.92. The number of piperidine rings is 1. The summed E-state index contributed by atoms with van der Waals surface area (Å²) in [4.78, 5) is 2.67. The number of hydrogen-bond acceptors (Lipinski definition) is 2. The zero-order valence-electron chi connectivity index (χ0n) is 10.1. The highest BCUT2D eigenvalue weighted by Crippen LogP contribution is 2.28. The Morgan fingerprint density at radius 1 is 1.13 bits per heavy atom. The van der Waals surface area contributed by atoms with E-state index in [1.807, 2.05) is 0 Å². The molecule has 0 spiro atoms. The lowest BCUT2D eigenvalue weighted by molar-refractivity contribution is 0.122. The molecule has 2 nitrogen and oxygen atoms in total. The Labute approximate surface area is 94.2 Å². The fourth-order valence-corrected chi connectivity index (χ4v) is 3.40. The summed E-state index contributed by atoms with van der Waals surface area (Å²) in [6, 6.07) is 1.18. The van der Waals surface area contributed by atoms with Gasteiger partial charge in [0.05, 0.1) is 0 Å². The molecule has 0 radical (unpaired) electrons. The van der Waals surface area contributed by atoms with Crippen LogP contribution in [0, 0.1) is 5.92 Å². The molecule has 0 bridgehead atoms. The van der Waals surface area contributed by atoms with Crippen LogP contribution in [-0.2, 0) is 0 Å². The third-order valence-electron chi connectivity index (χ3n) is 4.35. The van der Waals surface area contributed by atoms with Gasteiger partial charge >= 0.3 is 0 Å². The van der Waals surface area contributed by atoms with Crippen molar-refractivity contribution in [3.63, 3.8) is 0 Å². The van der Waals surface area contributed by atoms with Gasteiger partial charge < -0.3 is 5.73 Å². The molecule has 2 fully saturated rings. The molecule has 0 aromatic carbocycles. The number of likely N-dealkylation sites (tertiary alicyclic amines) is 1. The van der Waals surface area contributed by atoms with Crippen molar-refractivity contribution in [1.82, 2.24) is 4.90 Å². The minimum absolute atomic E-state index is 0.465. The zero-order valence-corrected chi connectivity index (χ0v) is 10.1. The van der Waals surface area contributed by atoms with E-state index < -0.39 is 0 Å². The highest BCUT2D eigenvalue weighted by atomic mass is 15.2. The summed E-state index contributed by atoms with van der Waals surface area (Å²) < 4.78 is 0. The van der Waals surface area contributed by atoms with Crippen LogP contribution in [0.25, 0.3) is 0 Å². The van der Waals surface area contributed by atoms with E-state index in [0.29, 0.717) is 12.1 Å². The Balaban J connectivity index is 1.77. The van der Waals surface area contributed by atoms with Crippen LogP contribution in [0.1, 0.15) is 51.9 Å². The van der Waals surface area contributed by atoms with Crippen molar-refractivity contribution in [2.45, 2.75) is 64.0 Å². The first kappa shape index (κ1) is 11.4. The lowest BCUT2D eigenvalue weighted by Gasteiger charge is -2.37. The number of hydrogen-bond donors (Lipinski definition) is 1. The van der Waals surface area contributed by atoms with Crippen molar-refractivity contribution in [1.29, 1.82) is 0 Å². The van der Waals surface area contributed by atoms with Gasteiger partial charge in [-0.2, -0.15) is 0 Å². The molecule has 2 atom stereocenters. The predicted molar refractivity (Wildman–Crippen MR) is 64.8 cm³/mol. The van der Waals surface area contributed by atoms with Crippen LogP contribution in [-0.4, -0.2) is 30.1 Å². The Hall–Kier alpha value is -0.0800. The maximum atomic E-state index is 6.16. The molecule has 2 N–H and O–H groups in total. The second kappa shape index (κ2) is 5.31. The van der Waals surface area contributed by atoms with Gasteiger partial charge in [-0.15, -0.1) is 0 Å². The van der Waals surface area contributed by atoms with E-state index in [9.17, 15) is 0 Å². The molecular weight excluding hydrogens is 184 g/mol. The predicted octanol–water partition coefficient (Wildman–Crippen LogP) is 2.38. The third kappa shape index (κ3) is 2.73. The van der Waals surface area contributed by atoms with Crippen molar-refractivity contribution >= 4 is 0 Å². The lowest BCUT2D eigenvalue weighted by Crippen LogP contribution is -2.47. The molecule has 2 rings (SSSR count). The van der Waals surface area contributed by atoms with Gasteiger partial charge in [0.1, 0.15) is 0 Å². The first-order chi connectivity index (χ1) is 7.31.